The number of rotatable bonds is 4. The van der Waals surface area contributed by atoms with E-state index < -0.39 is 0 Å². The molecule has 0 atom stereocenters. The van der Waals surface area contributed by atoms with Crippen LogP contribution in [0.5, 0.6) is 0 Å². The van der Waals surface area contributed by atoms with Gasteiger partial charge < -0.3 is 5.32 Å². The zero-order valence-corrected chi connectivity index (χ0v) is 12.0. The van der Waals surface area contributed by atoms with Crippen LogP contribution in [-0.4, -0.2) is 9.78 Å². The highest BCUT2D eigenvalue weighted by molar-refractivity contribution is 9.10. The van der Waals surface area contributed by atoms with Gasteiger partial charge in [-0.2, -0.15) is 5.10 Å². The van der Waals surface area contributed by atoms with E-state index in [0.717, 1.165) is 28.0 Å². The largest absolute Gasteiger partial charge is 0.307 e. The molecule has 0 spiro atoms. The number of benzene rings is 1. The Kier molecular flexibility index (Phi) is 4.14. The zero-order valence-electron chi connectivity index (χ0n) is 10.4. The van der Waals surface area contributed by atoms with Crippen LogP contribution in [0.2, 0.25) is 0 Å². The fourth-order valence-corrected chi connectivity index (χ4v) is 2.28. The molecule has 2 rings (SSSR count). The molecule has 2 aromatic rings. The molecule has 0 amide bonds. The number of aryl methyl sites for hydroxylation is 2. The molecule has 96 valence electrons. The lowest BCUT2D eigenvalue weighted by Gasteiger charge is -2.06. The van der Waals surface area contributed by atoms with Gasteiger partial charge in [0.05, 0.1) is 15.9 Å². The minimum absolute atomic E-state index is 0.205. The van der Waals surface area contributed by atoms with Crippen molar-refractivity contribution in [3.8, 4) is 0 Å². The monoisotopic (exact) mass is 311 g/mol. The first-order valence-corrected chi connectivity index (χ1v) is 6.50. The number of halogens is 2. The molecule has 0 radical (unpaired) electrons. The van der Waals surface area contributed by atoms with Crippen molar-refractivity contribution in [1.29, 1.82) is 0 Å². The molecule has 3 nitrogen and oxygen atoms in total. The summed E-state index contributed by atoms with van der Waals surface area (Å²) in [4.78, 5) is 0. The molecule has 1 aromatic heterocycles. The first-order valence-electron chi connectivity index (χ1n) is 5.71. The highest BCUT2D eigenvalue weighted by Gasteiger charge is 2.09. The fraction of sp³-hybridized carbons (Fsp3) is 0.308. The van der Waals surface area contributed by atoms with Gasteiger partial charge >= 0.3 is 0 Å². The summed E-state index contributed by atoms with van der Waals surface area (Å²) in [7, 11) is 1.92. The predicted molar refractivity (Wildman–Crippen MR) is 72.6 cm³/mol. The van der Waals surface area contributed by atoms with Crippen LogP contribution in [-0.2, 0) is 20.1 Å². The molecule has 0 saturated heterocycles. The lowest BCUT2D eigenvalue weighted by molar-refractivity contribution is 0.615. The number of hydrogen-bond acceptors (Lipinski definition) is 2. The molecule has 0 aliphatic heterocycles. The minimum atomic E-state index is -0.205. The Balaban J connectivity index is 1.94. The number of aromatic nitrogens is 2. The fourth-order valence-electron chi connectivity index (χ4n) is 1.80. The summed E-state index contributed by atoms with van der Waals surface area (Å²) in [5, 5.41) is 7.65. The maximum absolute atomic E-state index is 12.7. The van der Waals surface area contributed by atoms with Crippen molar-refractivity contribution in [2.24, 2.45) is 7.05 Å². The molecule has 1 heterocycles. The van der Waals surface area contributed by atoms with Crippen molar-refractivity contribution in [2.75, 3.05) is 0 Å². The maximum atomic E-state index is 12.7. The van der Waals surface area contributed by atoms with Crippen molar-refractivity contribution in [3.05, 3.63) is 51.5 Å². The van der Waals surface area contributed by atoms with Crippen LogP contribution in [0.3, 0.4) is 0 Å². The third-order valence-electron chi connectivity index (χ3n) is 2.80. The summed E-state index contributed by atoms with van der Waals surface area (Å²) < 4.78 is 15.6. The van der Waals surface area contributed by atoms with Crippen molar-refractivity contribution >= 4 is 15.9 Å². The van der Waals surface area contributed by atoms with Gasteiger partial charge in [-0.05, 0) is 40.5 Å². The van der Waals surface area contributed by atoms with Crippen LogP contribution >= 0.6 is 15.9 Å². The Morgan fingerprint density at radius 3 is 2.50 bits per heavy atom. The van der Waals surface area contributed by atoms with E-state index in [-0.39, 0.29) is 5.82 Å². The minimum Gasteiger partial charge on any atom is -0.307 e. The summed E-state index contributed by atoms with van der Waals surface area (Å²) in [5.74, 6) is -0.205. The maximum Gasteiger partial charge on any atom is 0.123 e. The van der Waals surface area contributed by atoms with Crippen LogP contribution in [0.4, 0.5) is 4.39 Å². The average molecular weight is 312 g/mol. The van der Waals surface area contributed by atoms with Crippen LogP contribution in [0.25, 0.3) is 0 Å². The van der Waals surface area contributed by atoms with Crippen molar-refractivity contribution in [1.82, 2.24) is 15.1 Å². The van der Waals surface area contributed by atoms with Crippen molar-refractivity contribution < 1.29 is 4.39 Å². The molecular weight excluding hydrogens is 297 g/mol. The van der Waals surface area contributed by atoms with Crippen molar-refractivity contribution in [3.63, 3.8) is 0 Å². The van der Waals surface area contributed by atoms with E-state index in [0.29, 0.717) is 6.54 Å². The molecule has 5 heteroatoms. The topological polar surface area (TPSA) is 29.9 Å². The summed E-state index contributed by atoms with van der Waals surface area (Å²) in [6, 6.07) is 6.51. The van der Waals surface area contributed by atoms with Crippen LogP contribution in [0, 0.1) is 12.7 Å². The normalized spacial score (nSPS) is 10.9. The smallest absolute Gasteiger partial charge is 0.123 e. The summed E-state index contributed by atoms with van der Waals surface area (Å²) in [6.07, 6.45) is 0. The van der Waals surface area contributed by atoms with Gasteiger partial charge in [0.15, 0.2) is 0 Å². The van der Waals surface area contributed by atoms with Crippen LogP contribution in [0.15, 0.2) is 28.7 Å². The van der Waals surface area contributed by atoms with Crippen LogP contribution < -0.4 is 5.32 Å². The average Bonchev–Trinajstić information content (AvgIpc) is 2.58. The molecule has 0 aliphatic carbocycles. The van der Waals surface area contributed by atoms with Gasteiger partial charge in [-0.15, -0.1) is 0 Å². The molecular formula is C13H15BrFN3. The molecule has 18 heavy (non-hydrogen) atoms. The Hall–Kier alpha value is -1.20. The highest BCUT2D eigenvalue weighted by Crippen LogP contribution is 2.19. The molecule has 0 fully saturated rings. The van der Waals surface area contributed by atoms with E-state index in [9.17, 15) is 4.39 Å². The van der Waals surface area contributed by atoms with Gasteiger partial charge in [0.1, 0.15) is 5.82 Å². The Labute approximate surface area is 114 Å². The van der Waals surface area contributed by atoms with Gasteiger partial charge in [0, 0.05) is 20.1 Å². The lowest BCUT2D eigenvalue weighted by atomic mass is 10.2. The Morgan fingerprint density at radius 1 is 1.28 bits per heavy atom. The lowest BCUT2D eigenvalue weighted by Crippen LogP contribution is -2.15. The standard InChI is InChI=1S/C13H15BrFN3/c1-9-13(14)12(18(2)17-9)8-16-7-10-3-5-11(15)6-4-10/h3-6,16H,7-8H2,1-2H3. The van der Waals surface area contributed by atoms with E-state index in [2.05, 4.69) is 26.3 Å². The summed E-state index contributed by atoms with van der Waals surface area (Å²) in [6.45, 7) is 3.39. The second-order valence-electron chi connectivity index (χ2n) is 4.20. The molecule has 1 N–H and O–H groups in total. The Morgan fingerprint density at radius 2 is 1.94 bits per heavy atom. The summed E-state index contributed by atoms with van der Waals surface area (Å²) >= 11 is 3.52. The number of nitrogens with zero attached hydrogens (tertiary/aromatic N) is 2. The van der Waals surface area contributed by atoms with Crippen LogP contribution in [0.1, 0.15) is 17.0 Å². The van der Waals surface area contributed by atoms with E-state index in [1.54, 1.807) is 12.1 Å². The van der Waals surface area contributed by atoms with E-state index in [1.807, 2.05) is 18.7 Å². The third-order valence-corrected chi connectivity index (χ3v) is 3.83. The van der Waals surface area contributed by atoms with Gasteiger partial charge in [0.25, 0.3) is 0 Å². The second kappa shape index (κ2) is 5.63. The molecule has 0 aliphatic rings. The van der Waals surface area contributed by atoms with Gasteiger partial charge in [0.2, 0.25) is 0 Å². The predicted octanol–water partition coefficient (Wildman–Crippen LogP) is 2.92. The van der Waals surface area contributed by atoms with E-state index in [4.69, 9.17) is 0 Å². The quantitative estimate of drug-likeness (QED) is 0.941. The molecule has 0 unspecified atom stereocenters. The van der Waals surface area contributed by atoms with Gasteiger partial charge in [-0.1, -0.05) is 12.1 Å². The number of hydrogen-bond donors (Lipinski definition) is 1. The second-order valence-corrected chi connectivity index (χ2v) is 4.99. The zero-order chi connectivity index (χ0) is 13.1. The Bertz CT molecular complexity index is 534. The SMILES string of the molecule is Cc1nn(C)c(CNCc2ccc(F)cc2)c1Br. The first kappa shape index (κ1) is 13.2. The van der Waals surface area contributed by atoms with E-state index in [1.165, 1.54) is 12.1 Å². The summed E-state index contributed by atoms with van der Waals surface area (Å²) in [5.41, 5.74) is 3.15. The first-order chi connectivity index (χ1) is 8.58. The van der Waals surface area contributed by atoms with E-state index >= 15 is 0 Å². The van der Waals surface area contributed by atoms with Crippen molar-refractivity contribution in [2.45, 2.75) is 20.0 Å². The van der Waals surface area contributed by atoms with Gasteiger partial charge in [-0.3, -0.25) is 4.68 Å². The highest BCUT2D eigenvalue weighted by atomic mass is 79.9. The molecule has 0 bridgehead atoms. The third kappa shape index (κ3) is 2.97. The molecule has 0 saturated carbocycles. The number of nitrogens with one attached hydrogen (secondary N) is 1. The van der Waals surface area contributed by atoms with Gasteiger partial charge in [-0.25, -0.2) is 4.39 Å². The molecule has 1 aromatic carbocycles.